The predicted octanol–water partition coefficient (Wildman–Crippen LogP) is 4.98. The Morgan fingerprint density at radius 3 is 2.52 bits per heavy atom. The average molecular weight is 312 g/mol. The fourth-order valence-corrected chi connectivity index (χ4v) is 2.20. The molecule has 1 N–H and O–H groups in total. The molecule has 0 spiro atoms. The van der Waals surface area contributed by atoms with Gasteiger partial charge in [-0.3, -0.25) is 0 Å². The minimum Gasteiger partial charge on any atom is -0.435 e. The lowest BCUT2D eigenvalue weighted by Crippen LogP contribution is -2.18. The predicted molar refractivity (Wildman–Crippen MR) is 81.3 cm³/mol. The maximum absolute atomic E-state index is 12.2. The zero-order valence-corrected chi connectivity index (χ0v) is 12.3. The minimum absolute atomic E-state index is 0.146. The number of hydrogen-bond acceptors (Lipinski definition) is 2. The van der Waals surface area contributed by atoms with E-state index in [9.17, 15) is 8.78 Å². The molecule has 2 nitrogen and oxygen atoms in total. The SMILES string of the molecule is CC(Cc1ccc(Cl)cc1)Nc1cccc(OC(F)F)c1. The summed E-state index contributed by atoms with van der Waals surface area (Å²) < 4.78 is 28.7. The lowest BCUT2D eigenvalue weighted by molar-refractivity contribution is -0.0498. The molecule has 2 aromatic rings. The van der Waals surface area contributed by atoms with E-state index in [-0.39, 0.29) is 11.8 Å². The largest absolute Gasteiger partial charge is 0.435 e. The first-order valence-electron chi connectivity index (χ1n) is 6.59. The number of halogens is 3. The highest BCUT2D eigenvalue weighted by Crippen LogP contribution is 2.20. The van der Waals surface area contributed by atoms with Gasteiger partial charge in [0.2, 0.25) is 0 Å². The number of alkyl halides is 2. The molecule has 0 heterocycles. The summed E-state index contributed by atoms with van der Waals surface area (Å²) in [5, 5.41) is 3.97. The molecule has 0 saturated carbocycles. The highest BCUT2D eigenvalue weighted by Gasteiger charge is 2.07. The fraction of sp³-hybridized carbons (Fsp3) is 0.250. The van der Waals surface area contributed by atoms with Crippen molar-refractivity contribution in [2.24, 2.45) is 0 Å². The average Bonchev–Trinajstić information content (AvgIpc) is 2.41. The standard InChI is InChI=1S/C16H16ClF2NO/c1-11(9-12-5-7-13(17)8-6-12)20-14-3-2-4-15(10-14)21-16(18)19/h2-8,10-11,16,20H,9H2,1H3. The van der Waals surface area contributed by atoms with E-state index in [1.807, 2.05) is 37.3 Å². The summed E-state index contributed by atoms with van der Waals surface area (Å²) in [4.78, 5) is 0. The van der Waals surface area contributed by atoms with Crippen molar-refractivity contribution >= 4 is 17.3 Å². The van der Waals surface area contributed by atoms with E-state index in [1.54, 1.807) is 12.1 Å². The normalized spacial score (nSPS) is 12.2. The van der Waals surface area contributed by atoms with Crippen LogP contribution in [-0.4, -0.2) is 12.7 Å². The smallest absolute Gasteiger partial charge is 0.387 e. The molecule has 5 heteroatoms. The van der Waals surface area contributed by atoms with Crippen LogP contribution in [0.15, 0.2) is 48.5 Å². The van der Waals surface area contributed by atoms with Crippen LogP contribution < -0.4 is 10.1 Å². The second kappa shape index (κ2) is 7.27. The summed E-state index contributed by atoms with van der Waals surface area (Å²) >= 11 is 5.85. The van der Waals surface area contributed by atoms with Gasteiger partial charge in [0.25, 0.3) is 0 Å². The third kappa shape index (κ3) is 5.23. The van der Waals surface area contributed by atoms with Gasteiger partial charge >= 0.3 is 6.61 Å². The molecule has 0 aliphatic rings. The number of rotatable bonds is 6. The van der Waals surface area contributed by atoms with Crippen LogP contribution in [0.3, 0.4) is 0 Å². The Morgan fingerprint density at radius 1 is 1.14 bits per heavy atom. The van der Waals surface area contributed by atoms with Crippen LogP contribution in [0, 0.1) is 0 Å². The quantitative estimate of drug-likeness (QED) is 0.812. The van der Waals surface area contributed by atoms with E-state index in [4.69, 9.17) is 11.6 Å². The van der Waals surface area contributed by atoms with E-state index in [1.165, 1.54) is 6.07 Å². The molecule has 0 radical (unpaired) electrons. The Hall–Kier alpha value is -1.81. The Morgan fingerprint density at radius 2 is 1.86 bits per heavy atom. The van der Waals surface area contributed by atoms with Crippen LogP contribution in [0.1, 0.15) is 12.5 Å². The highest BCUT2D eigenvalue weighted by molar-refractivity contribution is 6.30. The third-order valence-corrected chi connectivity index (χ3v) is 3.18. The second-order valence-electron chi connectivity index (χ2n) is 4.78. The molecule has 21 heavy (non-hydrogen) atoms. The van der Waals surface area contributed by atoms with Crippen LogP contribution in [0.4, 0.5) is 14.5 Å². The van der Waals surface area contributed by atoms with Crippen LogP contribution in [0.25, 0.3) is 0 Å². The van der Waals surface area contributed by atoms with Crippen molar-refractivity contribution in [3.05, 3.63) is 59.1 Å². The van der Waals surface area contributed by atoms with E-state index in [2.05, 4.69) is 10.1 Å². The molecule has 0 saturated heterocycles. The molecule has 0 bridgehead atoms. The van der Waals surface area contributed by atoms with Crippen LogP contribution >= 0.6 is 11.6 Å². The van der Waals surface area contributed by atoms with Gasteiger partial charge < -0.3 is 10.1 Å². The van der Waals surface area contributed by atoms with E-state index < -0.39 is 6.61 Å². The van der Waals surface area contributed by atoms with Crippen LogP contribution in [0.2, 0.25) is 5.02 Å². The molecule has 0 amide bonds. The van der Waals surface area contributed by atoms with Gasteiger partial charge in [0.15, 0.2) is 0 Å². The zero-order valence-electron chi connectivity index (χ0n) is 11.5. The van der Waals surface area contributed by atoms with Gasteiger partial charge in [-0.15, -0.1) is 0 Å². The Labute approximate surface area is 127 Å². The molecule has 1 atom stereocenters. The number of benzene rings is 2. The van der Waals surface area contributed by atoms with Gasteiger partial charge in [0.1, 0.15) is 5.75 Å². The maximum Gasteiger partial charge on any atom is 0.387 e. The Kier molecular flexibility index (Phi) is 5.39. The summed E-state index contributed by atoms with van der Waals surface area (Å²) in [6.45, 7) is -0.790. The second-order valence-corrected chi connectivity index (χ2v) is 5.22. The van der Waals surface area contributed by atoms with E-state index in [0.29, 0.717) is 5.02 Å². The first-order valence-corrected chi connectivity index (χ1v) is 6.96. The van der Waals surface area contributed by atoms with Gasteiger partial charge in [-0.25, -0.2) is 0 Å². The maximum atomic E-state index is 12.2. The van der Waals surface area contributed by atoms with E-state index >= 15 is 0 Å². The van der Waals surface area contributed by atoms with Gasteiger partial charge in [-0.1, -0.05) is 29.8 Å². The number of ether oxygens (including phenoxy) is 1. The van der Waals surface area contributed by atoms with Gasteiger partial charge in [-0.2, -0.15) is 8.78 Å². The fourth-order valence-electron chi connectivity index (χ4n) is 2.07. The van der Waals surface area contributed by atoms with Crippen molar-refractivity contribution in [2.45, 2.75) is 26.0 Å². The summed E-state index contributed by atoms with van der Waals surface area (Å²) in [6.07, 6.45) is 0.803. The molecule has 2 aromatic carbocycles. The third-order valence-electron chi connectivity index (χ3n) is 2.93. The van der Waals surface area contributed by atoms with Crippen LogP contribution in [-0.2, 0) is 6.42 Å². The molecule has 112 valence electrons. The molecular weight excluding hydrogens is 296 g/mol. The minimum atomic E-state index is -2.81. The van der Waals surface area contributed by atoms with Gasteiger partial charge in [0, 0.05) is 22.8 Å². The molecule has 0 aromatic heterocycles. The molecule has 0 aliphatic heterocycles. The number of anilines is 1. The summed E-state index contributed by atoms with van der Waals surface area (Å²) in [5.74, 6) is 0.147. The Balaban J connectivity index is 1.95. The van der Waals surface area contributed by atoms with E-state index in [0.717, 1.165) is 17.7 Å². The first-order chi connectivity index (χ1) is 10.0. The first kappa shape index (κ1) is 15.6. The molecule has 0 aliphatic carbocycles. The van der Waals surface area contributed by atoms with Crippen molar-refractivity contribution in [1.29, 1.82) is 0 Å². The van der Waals surface area contributed by atoms with Crippen molar-refractivity contribution < 1.29 is 13.5 Å². The summed E-state index contributed by atoms with van der Waals surface area (Å²) in [6, 6.07) is 14.3. The molecule has 2 rings (SSSR count). The topological polar surface area (TPSA) is 21.3 Å². The van der Waals surface area contributed by atoms with Crippen molar-refractivity contribution in [2.75, 3.05) is 5.32 Å². The van der Waals surface area contributed by atoms with Crippen molar-refractivity contribution in [3.63, 3.8) is 0 Å². The lowest BCUT2D eigenvalue weighted by Gasteiger charge is -2.16. The Bertz CT molecular complexity index is 575. The monoisotopic (exact) mass is 311 g/mol. The number of hydrogen-bond donors (Lipinski definition) is 1. The highest BCUT2D eigenvalue weighted by atomic mass is 35.5. The van der Waals surface area contributed by atoms with Gasteiger partial charge in [-0.05, 0) is 43.2 Å². The van der Waals surface area contributed by atoms with Crippen LogP contribution in [0.5, 0.6) is 5.75 Å². The molecule has 1 unspecified atom stereocenters. The molecular formula is C16H16ClF2NO. The summed E-state index contributed by atoms with van der Waals surface area (Å²) in [5.41, 5.74) is 1.90. The zero-order chi connectivity index (χ0) is 15.2. The summed E-state index contributed by atoms with van der Waals surface area (Å²) in [7, 11) is 0. The van der Waals surface area contributed by atoms with Crippen molar-refractivity contribution in [3.8, 4) is 5.75 Å². The lowest BCUT2D eigenvalue weighted by atomic mass is 10.1. The van der Waals surface area contributed by atoms with Gasteiger partial charge in [0.05, 0.1) is 0 Å². The molecule has 0 fully saturated rings. The van der Waals surface area contributed by atoms with Crippen molar-refractivity contribution in [1.82, 2.24) is 0 Å². The number of nitrogens with one attached hydrogen (secondary N) is 1.